The van der Waals surface area contributed by atoms with E-state index in [1.807, 2.05) is 18.2 Å². The molecule has 0 N–H and O–H groups in total. The third-order valence-corrected chi connectivity index (χ3v) is 27.5. The van der Waals surface area contributed by atoms with Gasteiger partial charge in [0.25, 0.3) is 0 Å². The van der Waals surface area contributed by atoms with Gasteiger partial charge in [-0.1, -0.05) is 413 Å². The number of fused-ring (bicyclic) bond motifs is 19. The highest BCUT2D eigenvalue weighted by atomic mass is 16.3. The molecule has 618 valence electrons. The Morgan fingerprint density at radius 3 is 0.699 bits per heavy atom. The Bertz CT molecular complexity index is 9590. The number of hydrogen-bond donors (Lipinski definition) is 0. The molecule has 0 saturated carbocycles. The van der Waals surface area contributed by atoms with E-state index in [9.17, 15) is 0 Å². The van der Waals surface area contributed by atoms with Crippen molar-refractivity contribution < 1.29 is 13.3 Å². The fraction of sp³-hybridized carbons (Fsp3) is 0. The Hall–Kier alpha value is -17.5. The third-order valence-electron chi connectivity index (χ3n) is 27.5. The monoisotopic (exact) mass is 1690 g/mol. The second-order valence-corrected chi connectivity index (χ2v) is 34.9. The molecule has 133 heavy (non-hydrogen) atoms. The van der Waals surface area contributed by atoms with Crippen molar-refractivity contribution in [2.45, 2.75) is 0 Å². The van der Waals surface area contributed by atoms with Gasteiger partial charge in [0.15, 0.2) is 0 Å². The molecule has 28 rings (SSSR count). The first-order valence-corrected chi connectivity index (χ1v) is 45.7. The van der Waals surface area contributed by atoms with E-state index in [0.29, 0.717) is 0 Å². The first-order chi connectivity index (χ1) is 66.0. The van der Waals surface area contributed by atoms with Crippen molar-refractivity contribution in [3.05, 3.63) is 485 Å². The van der Waals surface area contributed by atoms with Gasteiger partial charge in [0.2, 0.25) is 0 Å². The van der Waals surface area contributed by atoms with Crippen molar-refractivity contribution in [1.82, 2.24) is 0 Å². The highest BCUT2D eigenvalue weighted by Crippen LogP contribution is 2.53. The molecule has 0 radical (unpaired) electrons. The molecule has 3 heterocycles. The predicted molar refractivity (Wildman–Crippen MR) is 565 cm³/mol. The van der Waals surface area contributed by atoms with Crippen molar-refractivity contribution in [2.75, 3.05) is 0 Å². The maximum Gasteiger partial charge on any atom is 0.136 e. The molecule has 0 spiro atoms. The van der Waals surface area contributed by atoms with Crippen molar-refractivity contribution >= 4 is 174 Å². The molecule has 0 aliphatic heterocycles. The molecule has 0 aliphatic carbocycles. The van der Waals surface area contributed by atoms with E-state index >= 15 is 0 Å². The Morgan fingerprint density at radius 2 is 0.338 bits per heavy atom. The zero-order valence-electron chi connectivity index (χ0n) is 72.4. The van der Waals surface area contributed by atoms with Crippen LogP contribution in [0.3, 0.4) is 0 Å². The molecule has 3 heteroatoms. The van der Waals surface area contributed by atoms with Crippen molar-refractivity contribution in [3.8, 4) is 100 Å². The first-order valence-electron chi connectivity index (χ1n) is 45.7. The lowest BCUT2D eigenvalue weighted by Gasteiger charge is -2.20. The van der Waals surface area contributed by atoms with Gasteiger partial charge in [-0.15, -0.1) is 0 Å². The minimum atomic E-state index is 0.911. The topological polar surface area (TPSA) is 39.4 Å². The van der Waals surface area contributed by atoms with E-state index in [1.54, 1.807) is 0 Å². The fourth-order valence-corrected chi connectivity index (χ4v) is 21.6. The quantitative estimate of drug-likeness (QED) is 0.135. The van der Waals surface area contributed by atoms with Crippen LogP contribution < -0.4 is 0 Å². The van der Waals surface area contributed by atoms with Crippen LogP contribution in [0.4, 0.5) is 0 Å². The van der Waals surface area contributed by atoms with Crippen LogP contribution in [0.15, 0.2) is 499 Å². The molecule has 25 aromatic carbocycles. The molecule has 3 aromatic heterocycles. The predicted octanol–water partition coefficient (Wildman–Crippen LogP) is 37.3. The second-order valence-electron chi connectivity index (χ2n) is 34.9. The SMILES string of the molecule is c1ccc(-c2c3ccccc3c(-c3ccc4ccccc4c3)c3cc(-c4cccc5oc6ccccc6c45)ccc23)cc1.c1ccc(-c2c3ccccc3c(-c3cccc4ccccc34)c3cc(-c4cccc5oc6ccccc6c45)ccc23)cc1.c1ccc2cc(-c3c4ccccc4c(-c4ccc5ccccc5c4)c4cc(-c5cccc6oc7ccccc7c56)ccc34)ccc2c1. The fourth-order valence-electron chi connectivity index (χ4n) is 21.6. The molecule has 0 amide bonds. The molecule has 0 unspecified atom stereocenters. The Morgan fingerprint density at radius 1 is 0.105 bits per heavy atom. The van der Waals surface area contributed by atoms with Crippen LogP contribution in [0.2, 0.25) is 0 Å². The molecule has 0 saturated heterocycles. The average Bonchev–Trinajstić information content (AvgIpc) is 1.18. The molecular weight excluding hydrogens is 1610 g/mol. The number of rotatable bonds is 9. The van der Waals surface area contributed by atoms with Crippen molar-refractivity contribution in [3.63, 3.8) is 0 Å². The summed E-state index contributed by atoms with van der Waals surface area (Å²) in [6.07, 6.45) is 0. The number of para-hydroxylation sites is 3. The summed E-state index contributed by atoms with van der Waals surface area (Å²) in [6, 6.07) is 175. The van der Waals surface area contributed by atoms with Gasteiger partial charge in [0.05, 0.1) is 0 Å². The van der Waals surface area contributed by atoms with E-state index in [0.717, 1.165) is 65.8 Å². The van der Waals surface area contributed by atoms with Crippen LogP contribution in [0, 0.1) is 0 Å². The summed E-state index contributed by atoms with van der Waals surface area (Å²) < 4.78 is 18.9. The standard InChI is InChI=1S/C46H28O.2C42H26O/c1-3-12-31-26-34(22-20-29(31)10-1)44-37-14-5-6-15-38(37)45(35-23-21-30-11-2-4-13-32(30)27-35)41-28-33(24-25-39(41)44)36-17-9-19-43-46(36)40-16-7-8-18-42(40)47-43;1-2-13-28(14-3-1)40-33-17-6-7-18-34(33)41(32-21-10-15-27-12-4-5-16-30(27)32)37-26-29(24-25-35(37)40)31-20-11-23-39-42(31)36-19-8-9-22-38(36)43-39;1-2-12-28(13-3-1)40-33-15-6-7-16-34(33)41(31-22-21-27-11-4-5-14-29(27)25-31)37-26-30(23-24-35(37)40)32-18-10-20-39-42(32)36-17-8-9-19-38(36)43-39/h1-28H;2*1-26H. The van der Waals surface area contributed by atoms with Gasteiger partial charge in [-0.05, 0) is 281 Å². The number of furan rings is 3. The van der Waals surface area contributed by atoms with Crippen LogP contribution in [0.1, 0.15) is 0 Å². The first kappa shape index (κ1) is 76.7. The summed E-state index contributed by atoms with van der Waals surface area (Å²) in [4.78, 5) is 0. The van der Waals surface area contributed by atoms with Crippen LogP contribution >= 0.6 is 0 Å². The number of benzene rings is 25. The highest BCUT2D eigenvalue weighted by Gasteiger charge is 2.26. The van der Waals surface area contributed by atoms with Gasteiger partial charge >= 0.3 is 0 Å². The molecular formula is C130H80O3. The second kappa shape index (κ2) is 31.8. The van der Waals surface area contributed by atoms with Gasteiger partial charge in [0, 0.05) is 32.3 Å². The van der Waals surface area contributed by atoms with Gasteiger partial charge in [-0.2, -0.15) is 0 Å². The van der Waals surface area contributed by atoms with Crippen molar-refractivity contribution in [2.24, 2.45) is 0 Å². The minimum Gasteiger partial charge on any atom is -0.456 e. The molecule has 0 aliphatic rings. The molecule has 0 fully saturated rings. The lowest BCUT2D eigenvalue weighted by atomic mass is 9.83. The smallest absolute Gasteiger partial charge is 0.136 e. The minimum absolute atomic E-state index is 0.911. The summed E-state index contributed by atoms with van der Waals surface area (Å²) in [7, 11) is 0. The lowest BCUT2D eigenvalue weighted by molar-refractivity contribution is 0.668. The summed E-state index contributed by atoms with van der Waals surface area (Å²) in [5, 5.41) is 31.9. The van der Waals surface area contributed by atoms with Crippen LogP contribution in [-0.4, -0.2) is 0 Å². The van der Waals surface area contributed by atoms with Gasteiger partial charge in [-0.3, -0.25) is 0 Å². The molecule has 0 atom stereocenters. The summed E-state index contributed by atoms with van der Waals surface area (Å²) in [6.45, 7) is 0. The normalized spacial score (nSPS) is 11.8. The number of hydrogen-bond acceptors (Lipinski definition) is 3. The third kappa shape index (κ3) is 13.0. The largest absolute Gasteiger partial charge is 0.456 e. The Kier molecular flexibility index (Phi) is 18.3. The summed E-state index contributed by atoms with van der Waals surface area (Å²) >= 11 is 0. The van der Waals surface area contributed by atoms with E-state index in [1.165, 1.54) is 208 Å². The van der Waals surface area contributed by atoms with Gasteiger partial charge in [-0.25, -0.2) is 0 Å². The zero-order chi connectivity index (χ0) is 87.6. The zero-order valence-corrected chi connectivity index (χ0v) is 72.4. The Labute approximate surface area is 766 Å². The Balaban J connectivity index is 0.000000104. The summed E-state index contributed by atoms with van der Waals surface area (Å²) in [5.41, 5.74) is 27.6. The van der Waals surface area contributed by atoms with Gasteiger partial charge < -0.3 is 13.3 Å². The molecule has 28 aromatic rings. The lowest BCUT2D eigenvalue weighted by Crippen LogP contribution is -1.92. The maximum absolute atomic E-state index is 6.31. The van der Waals surface area contributed by atoms with Crippen LogP contribution in [0.25, 0.3) is 274 Å². The van der Waals surface area contributed by atoms with Crippen molar-refractivity contribution in [1.29, 1.82) is 0 Å². The summed E-state index contributed by atoms with van der Waals surface area (Å²) in [5.74, 6) is 0. The maximum atomic E-state index is 6.31. The van der Waals surface area contributed by atoms with Crippen LogP contribution in [-0.2, 0) is 0 Å². The van der Waals surface area contributed by atoms with E-state index in [2.05, 4.69) is 467 Å². The van der Waals surface area contributed by atoms with Crippen LogP contribution in [0.5, 0.6) is 0 Å². The van der Waals surface area contributed by atoms with E-state index in [-0.39, 0.29) is 0 Å². The molecule has 3 nitrogen and oxygen atoms in total. The molecule has 0 bridgehead atoms. The van der Waals surface area contributed by atoms with E-state index < -0.39 is 0 Å². The van der Waals surface area contributed by atoms with Gasteiger partial charge in [0.1, 0.15) is 33.5 Å². The van der Waals surface area contributed by atoms with E-state index in [4.69, 9.17) is 13.3 Å². The highest BCUT2D eigenvalue weighted by molar-refractivity contribution is 6.28. The average molecular weight is 1690 g/mol.